The summed E-state index contributed by atoms with van der Waals surface area (Å²) in [6, 6.07) is 8.85. The minimum Gasteiger partial charge on any atom is -0.336 e. The van der Waals surface area contributed by atoms with Gasteiger partial charge < -0.3 is 4.90 Å². The summed E-state index contributed by atoms with van der Waals surface area (Å²) in [6.07, 6.45) is 5.20. The van der Waals surface area contributed by atoms with Gasteiger partial charge in [-0.15, -0.1) is 0 Å². The maximum absolute atomic E-state index is 13.2. The van der Waals surface area contributed by atoms with E-state index in [0.29, 0.717) is 25.4 Å². The number of benzene rings is 1. The van der Waals surface area contributed by atoms with Crippen LogP contribution in [0.3, 0.4) is 0 Å². The van der Waals surface area contributed by atoms with Gasteiger partial charge in [0.05, 0.1) is 30.5 Å². The normalized spacial score (nSPS) is 21.5. The van der Waals surface area contributed by atoms with E-state index in [1.165, 1.54) is 17.7 Å². The van der Waals surface area contributed by atoms with Crippen LogP contribution in [0.1, 0.15) is 54.6 Å². The Morgan fingerprint density at radius 2 is 1.97 bits per heavy atom. The van der Waals surface area contributed by atoms with Crippen LogP contribution in [0.4, 0.5) is 4.39 Å². The topological polar surface area (TPSA) is 61.9 Å². The molecule has 2 heterocycles. The average Bonchev–Trinajstić information content (AvgIpc) is 3.05. The number of rotatable bonds is 4. The van der Waals surface area contributed by atoms with E-state index >= 15 is 0 Å². The van der Waals surface area contributed by atoms with Crippen molar-refractivity contribution in [1.29, 1.82) is 5.26 Å². The summed E-state index contributed by atoms with van der Waals surface area (Å²) in [5.74, 6) is 0.540. The predicted octanol–water partition coefficient (Wildman–Crippen LogP) is 3.98. The van der Waals surface area contributed by atoms with Crippen molar-refractivity contribution >= 4 is 5.91 Å². The number of carbonyl (C=O) groups excluding carboxylic acids is 1. The molecule has 29 heavy (non-hydrogen) atoms. The Labute approximate surface area is 171 Å². The fraction of sp³-hybridized carbons (Fsp3) is 0.522. The number of nitriles is 1. The summed E-state index contributed by atoms with van der Waals surface area (Å²) in [7, 11) is 0. The molecule has 2 aromatic rings. The molecule has 1 aromatic carbocycles. The number of amides is 1. The maximum atomic E-state index is 13.2. The Hall–Kier alpha value is -2.68. The van der Waals surface area contributed by atoms with Crippen molar-refractivity contribution in [3.63, 3.8) is 0 Å². The van der Waals surface area contributed by atoms with Crippen molar-refractivity contribution in [2.24, 2.45) is 11.8 Å². The number of carbonyl (C=O) groups is 1. The summed E-state index contributed by atoms with van der Waals surface area (Å²) in [5, 5.41) is 13.7. The third kappa shape index (κ3) is 4.34. The highest BCUT2D eigenvalue weighted by atomic mass is 19.1. The van der Waals surface area contributed by atoms with Gasteiger partial charge in [0.15, 0.2) is 0 Å². The summed E-state index contributed by atoms with van der Waals surface area (Å²) in [5.41, 5.74) is 4.35. The van der Waals surface area contributed by atoms with Gasteiger partial charge in [-0.05, 0) is 68.2 Å². The molecule has 2 aliphatic rings. The van der Waals surface area contributed by atoms with Crippen LogP contribution >= 0.6 is 0 Å². The van der Waals surface area contributed by atoms with Gasteiger partial charge in [-0.3, -0.25) is 9.48 Å². The molecule has 0 radical (unpaired) electrons. The lowest BCUT2D eigenvalue weighted by Gasteiger charge is -2.31. The molecule has 0 atom stereocenters. The first-order valence-electron chi connectivity index (χ1n) is 10.5. The van der Waals surface area contributed by atoms with E-state index in [1.807, 2.05) is 16.5 Å². The minimum atomic E-state index is -0.243. The van der Waals surface area contributed by atoms with E-state index in [9.17, 15) is 9.18 Å². The number of aromatic nitrogens is 2. The first kappa shape index (κ1) is 19.6. The zero-order chi connectivity index (χ0) is 20.4. The minimum absolute atomic E-state index is 0.169. The second-order valence-corrected chi connectivity index (χ2v) is 8.41. The van der Waals surface area contributed by atoms with Gasteiger partial charge in [-0.2, -0.15) is 10.4 Å². The van der Waals surface area contributed by atoms with Crippen LogP contribution in [0.25, 0.3) is 0 Å². The highest BCUT2D eigenvalue weighted by molar-refractivity contribution is 5.76. The molecule has 1 fully saturated rings. The number of halogens is 1. The number of hydrogen-bond donors (Lipinski definition) is 0. The van der Waals surface area contributed by atoms with E-state index in [1.54, 1.807) is 12.1 Å². The van der Waals surface area contributed by atoms with Crippen LogP contribution in [0, 0.1) is 35.9 Å². The third-order valence-electron chi connectivity index (χ3n) is 6.43. The lowest BCUT2D eigenvalue weighted by Crippen LogP contribution is -2.38. The fourth-order valence-corrected chi connectivity index (χ4v) is 4.65. The standard InChI is InChI=1S/C23H27FN4O/c1-16-21-10-11-27(23(29)12-17-2-4-18(13-25)5-3-17)15-22(21)28(26-16)14-19-6-8-20(24)9-7-19/h6-9,17-18H,2-5,10-12,14-15H2,1H3/t17-,18-. The van der Waals surface area contributed by atoms with Crippen molar-refractivity contribution < 1.29 is 9.18 Å². The average molecular weight is 394 g/mol. The number of fused-ring (bicyclic) bond motifs is 1. The van der Waals surface area contributed by atoms with E-state index in [4.69, 9.17) is 10.4 Å². The zero-order valence-corrected chi connectivity index (χ0v) is 16.9. The second kappa shape index (κ2) is 8.36. The van der Waals surface area contributed by atoms with Crippen molar-refractivity contribution in [3.8, 4) is 6.07 Å². The maximum Gasteiger partial charge on any atom is 0.223 e. The molecule has 0 bridgehead atoms. The molecule has 152 valence electrons. The fourth-order valence-electron chi connectivity index (χ4n) is 4.65. The highest BCUT2D eigenvalue weighted by Gasteiger charge is 2.29. The molecule has 4 rings (SSSR count). The molecule has 1 aliphatic heterocycles. The summed E-state index contributed by atoms with van der Waals surface area (Å²) < 4.78 is 15.2. The van der Waals surface area contributed by atoms with E-state index in [-0.39, 0.29) is 17.6 Å². The van der Waals surface area contributed by atoms with Gasteiger partial charge in [-0.25, -0.2) is 4.39 Å². The van der Waals surface area contributed by atoms with Crippen molar-refractivity contribution in [1.82, 2.24) is 14.7 Å². The van der Waals surface area contributed by atoms with Crippen LogP contribution in [-0.2, 0) is 24.3 Å². The molecule has 5 nitrogen and oxygen atoms in total. The predicted molar refractivity (Wildman–Crippen MR) is 107 cm³/mol. The molecule has 0 unspecified atom stereocenters. The van der Waals surface area contributed by atoms with Crippen molar-refractivity contribution in [3.05, 3.63) is 52.6 Å². The van der Waals surface area contributed by atoms with Crippen LogP contribution in [0.5, 0.6) is 0 Å². The highest BCUT2D eigenvalue weighted by Crippen LogP contribution is 2.31. The molecule has 1 amide bonds. The van der Waals surface area contributed by atoms with E-state index in [0.717, 1.165) is 55.6 Å². The number of nitrogens with zero attached hydrogens (tertiary/aromatic N) is 4. The zero-order valence-electron chi connectivity index (χ0n) is 16.9. The first-order chi connectivity index (χ1) is 14.0. The Morgan fingerprint density at radius 1 is 1.24 bits per heavy atom. The Kier molecular flexibility index (Phi) is 5.66. The third-order valence-corrected chi connectivity index (χ3v) is 6.43. The second-order valence-electron chi connectivity index (χ2n) is 8.41. The Balaban J connectivity index is 1.43. The molecule has 0 N–H and O–H groups in total. The van der Waals surface area contributed by atoms with Crippen LogP contribution in [-0.4, -0.2) is 27.1 Å². The molecule has 1 aliphatic carbocycles. The molecule has 1 saturated carbocycles. The quantitative estimate of drug-likeness (QED) is 0.788. The molecule has 0 spiro atoms. The SMILES string of the molecule is Cc1nn(Cc2ccc(F)cc2)c2c1CCN(C(=O)C[C@H]1CC[C@H](C#N)CC1)C2. The summed E-state index contributed by atoms with van der Waals surface area (Å²) >= 11 is 0. The van der Waals surface area contributed by atoms with Gasteiger partial charge >= 0.3 is 0 Å². The molecule has 6 heteroatoms. The summed E-state index contributed by atoms with van der Waals surface area (Å²) in [6.45, 7) is 3.92. The van der Waals surface area contributed by atoms with Crippen LogP contribution < -0.4 is 0 Å². The molecule has 1 aromatic heterocycles. The van der Waals surface area contributed by atoms with Crippen molar-refractivity contribution in [2.75, 3.05) is 6.54 Å². The molecule has 0 saturated heterocycles. The van der Waals surface area contributed by atoms with Gasteiger partial charge in [0.25, 0.3) is 0 Å². The van der Waals surface area contributed by atoms with Crippen LogP contribution in [0.15, 0.2) is 24.3 Å². The number of hydrogen-bond acceptors (Lipinski definition) is 3. The Morgan fingerprint density at radius 3 is 2.66 bits per heavy atom. The lowest BCUT2D eigenvalue weighted by atomic mass is 9.81. The smallest absolute Gasteiger partial charge is 0.223 e. The molecular formula is C23H27FN4O. The van der Waals surface area contributed by atoms with Gasteiger partial charge in [-0.1, -0.05) is 12.1 Å². The molecular weight excluding hydrogens is 367 g/mol. The number of aryl methyl sites for hydroxylation is 1. The largest absolute Gasteiger partial charge is 0.336 e. The summed E-state index contributed by atoms with van der Waals surface area (Å²) in [4.78, 5) is 14.9. The first-order valence-corrected chi connectivity index (χ1v) is 10.5. The monoisotopic (exact) mass is 394 g/mol. The lowest BCUT2D eigenvalue weighted by molar-refractivity contribution is -0.133. The van der Waals surface area contributed by atoms with Gasteiger partial charge in [0.2, 0.25) is 5.91 Å². The van der Waals surface area contributed by atoms with E-state index in [2.05, 4.69) is 6.07 Å². The van der Waals surface area contributed by atoms with E-state index < -0.39 is 0 Å². The van der Waals surface area contributed by atoms with Crippen molar-refractivity contribution in [2.45, 2.75) is 58.5 Å². The van der Waals surface area contributed by atoms with Gasteiger partial charge in [0, 0.05) is 18.9 Å². The van der Waals surface area contributed by atoms with Crippen LogP contribution in [0.2, 0.25) is 0 Å². The van der Waals surface area contributed by atoms with Gasteiger partial charge in [0.1, 0.15) is 5.82 Å². The Bertz CT molecular complexity index is 920.